The van der Waals surface area contributed by atoms with Gasteiger partial charge in [0.05, 0.1) is 33.5 Å². The number of halogens is 2. The molecule has 372 valence electrons. The number of nitrogens with zero attached hydrogens (tertiary/aromatic N) is 2. The molecule has 0 aliphatic heterocycles. The van der Waals surface area contributed by atoms with Crippen molar-refractivity contribution in [3.05, 3.63) is 105 Å². The van der Waals surface area contributed by atoms with Crippen LogP contribution in [0.1, 0.15) is 67.2 Å². The van der Waals surface area contributed by atoms with Crippen LogP contribution in [0.15, 0.2) is 72.4 Å². The molecule has 2 aromatic heterocycles. The van der Waals surface area contributed by atoms with E-state index in [1.54, 1.807) is 45.0 Å². The summed E-state index contributed by atoms with van der Waals surface area (Å²) in [5.74, 6) is -0.0504. The van der Waals surface area contributed by atoms with Crippen molar-refractivity contribution in [2.45, 2.75) is 116 Å². The number of phenolic OH excluding ortho intramolecular Hbond substituents is 1. The molecule has 69 heavy (non-hydrogen) atoms. The molecule has 2 atom stereocenters. The number of allylic oxidation sites excluding steroid dienone is 2. The topological polar surface area (TPSA) is 162 Å². The summed E-state index contributed by atoms with van der Waals surface area (Å²) in [7, 11) is -5.49. The van der Waals surface area contributed by atoms with Crippen molar-refractivity contribution in [3.63, 3.8) is 0 Å². The molecule has 1 aliphatic carbocycles. The third-order valence-electron chi connectivity index (χ3n) is 11.1. The van der Waals surface area contributed by atoms with Crippen molar-refractivity contribution in [1.29, 1.82) is 0 Å². The molecule has 0 amide bonds. The molecule has 1 aliphatic rings. The predicted molar refractivity (Wildman–Crippen MR) is 276 cm³/mol. The van der Waals surface area contributed by atoms with E-state index in [1.807, 2.05) is 20.8 Å². The zero-order chi connectivity index (χ0) is 50.3. The van der Waals surface area contributed by atoms with E-state index in [4.69, 9.17) is 60.8 Å². The van der Waals surface area contributed by atoms with Gasteiger partial charge in [-0.1, -0.05) is 72.7 Å². The van der Waals surface area contributed by atoms with Gasteiger partial charge in [0.2, 0.25) is 12.0 Å². The minimum absolute atomic E-state index is 0.00126. The Hall–Kier alpha value is -4.52. The standard InChI is InChI=1S/C51H62Cl2N2O11S2Si/c1-11-22-60-27-37(28-63-68(58,59)38-19-16-31(2)17-20-38)64-46-44(52)32(3)41(33(4)45(46)53)42-43-48(54-29-55-49(43)67-47(42)34-14-12-13-15-34)65-40(50(57)66-51(5,6)7)26-35-25-36(56)18-21-39(35)62-30-61-23-24-69(8,9)10/h11,14,16-21,25,29,37,40,56H,1,12-13,15,22-24,26-28,30H2,2-10H3/t37-,40?/m1/s1. The smallest absolute Gasteiger partial charge is 0.348 e. The summed E-state index contributed by atoms with van der Waals surface area (Å²) in [6, 6.07) is 12.0. The second kappa shape index (κ2) is 23.1. The second-order valence-corrected chi connectivity index (χ2v) is 28.1. The normalized spacial score (nSPS) is 14.1. The van der Waals surface area contributed by atoms with Crippen molar-refractivity contribution in [3.8, 4) is 34.3 Å². The van der Waals surface area contributed by atoms with Gasteiger partial charge in [0.15, 0.2) is 12.5 Å². The lowest BCUT2D eigenvalue weighted by molar-refractivity contribution is -0.163. The van der Waals surface area contributed by atoms with Crippen LogP contribution in [0.3, 0.4) is 0 Å². The first-order valence-corrected chi connectivity index (χ1v) is 29.4. The second-order valence-electron chi connectivity index (χ2n) is 19.1. The number of rotatable bonds is 23. The summed E-state index contributed by atoms with van der Waals surface area (Å²) in [5, 5.41) is 11.5. The van der Waals surface area contributed by atoms with Gasteiger partial charge < -0.3 is 33.5 Å². The molecule has 0 radical (unpaired) electrons. The van der Waals surface area contributed by atoms with Gasteiger partial charge >= 0.3 is 5.97 Å². The third-order valence-corrected chi connectivity index (χ3v) is 16.1. The molecule has 0 fully saturated rings. The fourth-order valence-corrected chi connectivity index (χ4v) is 11.0. The highest BCUT2D eigenvalue weighted by Crippen LogP contribution is 2.53. The lowest BCUT2D eigenvalue weighted by atomic mass is 9.91. The Morgan fingerprint density at radius 2 is 1.68 bits per heavy atom. The molecular weight excluding hydrogens is 980 g/mol. The average Bonchev–Trinajstić information content (AvgIpc) is 3.95. The monoisotopic (exact) mass is 1040 g/mol. The molecule has 0 spiro atoms. The number of aryl methyl sites for hydroxylation is 1. The van der Waals surface area contributed by atoms with Gasteiger partial charge in [0.1, 0.15) is 41.0 Å². The number of carbonyl (C=O) groups is 1. The number of aromatic nitrogens is 2. The number of phenols is 1. The van der Waals surface area contributed by atoms with Crippen LogP contribution in [-0.4, -0.2) is 88.6 Å². The Morgan fingerprint density at radius 3 is 2.32 bits per heavy atom. The molecule has 6 rings (SSSR count). The number of esters is 1. The molecular formula is C51H62Cl2N2O11S2Si. The van der Waals surface area contributed by atoms with E-state index in [0.29, 0.717) is 50.4 Å². The fourth-order valence-electron chi connectivity index (χ4n) is 7.54. The Kier molecular flexibility index (Phi) is 18.0. The third kappa shape index (κ3) is 14.1. The van der Waals surface area contributed by atoms with Crippen LogP contribution in [0.4, 0.5) is 0 Å². The largest absolute Gasteiger partial charge is 0.508 e. The van der Waals surface area contributed by atoms with Crippen LogP contribution in [0.5, 0.6) is 23.1 Å². The lowest BCUT2D eigenvalue weighted by Crippen LogP contribution is -2.37. The first-order chi connectivity index (χ1) is 32.6. The van der Waals surface area contributed by atoms with Crippen LogP contribution < -0.4 is 14.2 Å². The Balaban J connectivity index is 1.41. The summed E-state index contributed by atoms with van der Waals surface area (Å²) in [6.45, 7) is 21.6. The Bertz CT molecular complexity index is 2760. The Morgan fingerprint density at radius 1 is 0.971 bits per heavy atom. The summed E-state index contributed by atoms with van der Waals surface area (Å²) >= 11 is 16.0. The van der Waals surface area contributed by atoms with Crippen molar-refractivity contribution in [2.75, 3.05) is 33.2 Å². The molecule has 0 saturated heterocycles. The molecule has 0 saturated carbocycles. The number of benzene rings is 3. The number of ether oxygens (including phenoxy) is 6. The quantitative estimate of drug-likeness (QED) is 0.0164. The van der Waals surface area contributed by atoms with E-state index in [1.165, 1.54) is 41.9 Å². The van der Waals surface area contributed by atoms with Crippen molar-refractivity contribution >= 4 is 74.5 Å². The molecule has 1 N–H and O–H groups in total. The summed E-state index contributed by atoms with van der Waals surface area (Å²) in [4.78, 5) is 25.1. The van der Waals surface area contributed by atoms with E-state index in [0.717, 1.165) is 41.3 Å². The number of aromatic hydroxyl groups is 1. The van der Waals surface area contributed by atoms with Crippen LogP contribution in [0.25, 0.3) is 26.9 Å². The average molecular weight is 1040 g/mol. The number of carbonyl (C=O) groups excluding carboxylic acids is 1. The van der Waals surface area contributed by atoms with Crippen molar-refractivity contribution in [2.24, 2.45) is 0 Å². The van der Waals surface area contributed by atoms with Gasteiger partial charge in [0, 0.05) is 37.1 Å². The minimum atomic E-state index is -4.16. The van der Waals surface area contributed by atoms with Gasteiger partial charge in [-0.15, -0.1) is 17.9 Å². The molecule has 5 aromatic rings. The van der Waals surface area contributed by atoms with Gasteiger partial charge in [-0.25, -0.2) is 14.8 Å². The van der Waals surface area contributed by atoms with E-state index in [2.05, 4.69) is 37.3 Å². The molecule has 18 heteroatoms. The maximum Gasteiger partial charge on any atom is 0.348 e. The maximum absolute atomic E-state index is 14.2. The zero-order valence-electron chi connectivity index (χ0n) is 40.7. The van der Waals surface area contributed by atoms with Crippen LogP contribution in [-0.2, 0) is 39.7 Å². The van der Waals surface area contributed by atoms with E-state index in [9.17, 15) is 18.3 Å². The number of hydrogen-bond donors (Lipinski definition) is 1. The lowest BCUT2D eigenvalue weighted by Gasteiger charge is -2.25. The fraction of sp³-hybridized carbons (Fsp3) is 0.431. The number of thiophene rings is 1. The molecule has 1 unspecified atom stereocenters. The van der Waals surface area contributed by atoms with Crippen LogP contribution >= 0.6 is 34.5 Å². The molecule has 0 bridgehead atoms. The summed E-state index contributed by atoms with van der Waals surface area (Å²) < 4.78 is 68.7. The highest BCUT2D eigenvalue weighted by Gasteiger charge is 2.34. The maximum atomic E-state index is 14.2. The molecule has 13 nitrogen and oxygen atoms in total. The van der Waals surface area contributed by atoms with Crippen molar-refractivity contribution in [1.82, 2.24) is 9.97 Å². The van der Waals surface area contributed by atoms with E-state index in [-0.39, 0.29) is 58.7 Å². The SMILES string of the molecule is C=CCOC[C@H](COS(=O)(=O)c1ccc(C)cc1)Oc1c(Cl)c(C)c(-c2c(C3=CCCC3)sc3ncnc(OC(Cc4cc(O)ccc4OCOCC[Si](C)(C)C)C(=O)OC(C)(C)C)c23)c(C)c1Cl. The van der Waals surface area contributed by atoms with E-state index >= 15 is 0 Å². The minimum Gasteiger partial charge on any atom is -0.508 e. The van der Waals surface area contributed by atoms with Gasteiger partial charge in [0.25, 0.3) is 10.1 Å². The van der Waals surface area contributed by atoms with Gasteiger partial charge in [-0.2, -0.15) is 8.42 Å². The first-order valence-electron chi connectivity index (χ1n) is 22.8. The Labute approximate surface area is 420 Å². The highest BCUT2D eigenvalue weighted by molar-refractivity contribution is 7.86. The van der Waals surface area contributed by atoms with E-state index < -0.39 is 48.6 Å². The first kappa shape index (κ1) is 53.8. The van der Waals surface area contributed by atoms with Crippen molar-refractivity contribution < 1.29 is 50.9 Å². The van der Waals surface area contributed by atoms with Crippen LogP contribution in [0, 0.1) is 20.8 Å². The molecule has 3 aromatic carbocycles. The zero-order valence-corrected chi connectivity index (χ0v) is 44.8. The summed E-state index contributed by atoms with van der Waals surface area (Å²) in [5.41, 5.74) is 4.19. The molecule has 2 heterocycles. The number of fused-ring (bicyclic) bond motifs is 1. The van der Waals surface area contributed by atoms with Gasteiger partial charge in [-0.05, 0) is 119 Å². The van der Waals surface area contributed by atoms with Gasteiger partial charge in [-0.3, -0.25) is 4.18 Å². The number of hydrogen-bond acceptors (Lipinski definition) is 14. The highest BCUT2D eigenvalue weighted by atomic mass is 35.5. The predicted octanol–water partition coefficient (Wildman–Crippen LogP) is 12.2. The summed E-state index contributed by atoms with van der Waals surface area (Å²) in [6.07, 6.45) is 5.51. The van der Waals surface area contributed by atoms with Crippen LogP contribution in [0.2, 0.25) is 35.7 Å².